The van der Waals surface area contributed by atoms with Crippen molar-refractivity contribution in [1.29, 1.82) is 0 Å². The normalized spacial score (nSPS) is 14.9. The summed E-state index contributed by atoms with van der Waals surface area (Å²) in [7, 11) is -1.88. The second-order valence-electron chi connectivity index (χ2n) is 6.04. The Morgan fingerprint density at radius 1 is 1.22 bits per heavy atom. The predicted molar refractivity (Wildman–Crippen MR) is 102 cm³/mol. The number of nitrogens with zero attached hydrogens (tertiary/aromatic N) is 2. The van der Waals surface area contributed by atoms with Crippen LogP contribution in [0.1, 0.15) is 23.3 Å². The highest BCUT2D eigenvalue weighted by Gasteiger charge is 2.28. The third-order valence-corrected chi connectivity index (χ3v) is 7.65. The number of thiophene rings is 1. The van der Waals surface area contributed by atoms with Gasteiger partial charge in [-0.15, -0.1) is 11.3 Å². The molecule has 0 bridgehead atoms. The molecule has 0 atom stereocenters. The molecule has 2 aromatic rings. The van der Waals surface area contributed by atoms with E-state index in [2.05, 4.69) is 15.6 Å². The first-order valence-corrected chi connectivity index (χ1v) is 10.8. The number of carbonyl (C=O) groups is 1. The summed E-state index contributed by atoms with van der Waals surface area (Å²) in [5.41, 5.74) is 0.769. The number of hydrogen-bond donors (Lipinski definition) is 2. The summed E-state index contributed by atoms with van der Waals surface area (Å²) in [6.45, 7) is 1.69. The lowest BCUT2D eigenvalue weighted by Crippen LogP contribution is -2.34. The number of aromatic nitrogens is 1. The fourth-order valence-corrected chi connectivity index (χ4v) is 5.76. The first kappa shape index (κ1) is 19.6. The van der Waals surface area contributed by atoms with Gasteiger partial charge in [0.2, 0.25) is 5.88 Å². The first-order chi connectivity index (χ1) is 13.0. The predicted octanol–water partition coefficient (Wildman–Crippen LogP) is 1.94. The fraction of sp³-hybridized carbons (Fsp3) is 0.412. The fourth-order valence-electron chi connectivity index (χ4n) is 2.80. The van der Waals surface area contributed by atoms with E-state index in [0.29, 0.717) is 23.2 Å². The average molecular weight is 411 g/mol. The summed E-state index contributed by atoms with van der Waals surface area (Å²) in [4.78, 5) is 16.9. The molecule has 1 aliphatic rings. The second-order valence-corrected chi connectivity index (χ2v) is 9.37. The van der Waals surface area contributed by atoms with Crippen LogP contribution in [0, 0.1) is 0 Å². The second kappa shape index (κ2) is 8.68. The molecule has 146 valence electrons. The van der Waals surface area contributed by atoms with Crippen LogP contribution in [0.25, 0.3) is 0 Å². The smallest absolute Gasteiger partial charge is 0.315 e. The maximum Gasteiger partial charge on any atom is 0.315 e. The highest BCUT2D eigenvalue weighted by atomic mass is 32.2. The van der Waals surface area contributed by atoms with Gasteiger partial charge in [-0.05, 0) is 31.0 Å². The van der Waals surface area contributed by atoms with Crippen LogP contribution in [0.4, 0.5) is 4.79 Å². The van der Waals surface area contributed by atoms with E-state index in [4.69, 9.17) is 4.74 Å². The zero-order chi connectivity index (χ0) is 19.3. The van der Waals surface area contributed by atoms with E-state index in [-0.39, 0.29) is 19.1 Å². The van der Waals surface area contributed by atoms with Crippen molar-refractivity contribution in [3.05, 3.63) is 40.9 Å². The number of carbonyl (C=O) groups excluding carboxylic acids is 1. The van der Waals surface area contributed by atoms with Crippen molar-refractivity contribution >= 4 is 27.4 Å². The molecule has 1 fully saturated rings. The monoisotopic (exact) mass is 410 g/mol. The van der Waals surface area contributed by atoms with E-state index in [1.807, 2.05) is 6.07 Å². The first-order valence-electron chi connectivity index (χ1n) is 8.59. The molecule has 8 nitrogen and oxygen atoms in total. The molecule has 2 N–H and O–H groups in total. The summed E-state index contributed by atoms with van der Waals surface area (Å²) in [6.07, 6.45) is 3.43. The topological polar surface area (TPSA) is 101 Å². The maximum absolute atomic E-state index is 12.5. The lowest BCUT2D eigenvalue weighted by Gasteiger charge is -2.13. The number of rotatable bonds is 7. The van der Waals surface area contributed by atoms with E-state index in [0.717, 1.165) is 23.3 Å². The third-order valence-electron chi connectivity index (χ3n) is 4.20. The van der Waals surface area contributed by atoms with Crippen molar-refractivity contribution in [3.8, 4) is 5.88 Å². The van der Waals surface area contributed by atoms with Crippen LogP contribution in [0.5, 0.6) is 5.88 Å². The summed E-state index contributed by atoms with van der Waals surface area (Å²) in [5, 5.41) is 5.47. The van der Waals surface area contributed by atoms with Crippen molar-refractivity contribution in [2.45, 2.75) is 30.1 Å². The van der Waals surface area contributed by atoms with E-state index in [9.17, 15) is 13.2 Å². The standard InChI is InChI=1S/C17H22N4O4S2/c1-25-16-13(5-4-8-18-16)11-19-17(22)20-12-14-6-7-15(26-14)27(23,24)21-9-2-3-10-21/h4-8H,2-3,9-12H2,1H3,(H2,19,20,22). The zero-order valence-corrected chi connectivity index (χ0v) is 16.6. The van der Waals surface area contributed by atoms with Gasteiger partial charge in [0.25, 0.3) is 10.0 Å². The summed E-state index contributed by atoms with van der Waals surface area (Å²) >= 11 is 1.19. The van der Waals surface area contributed by atoms with E-state index >= 15 is 0 Å². The quantitative estimate of drug-likeness (QED) is 0.726. The van der Waals surface area contributed by atoms with Gasteiger partial charge in [-0.25, -0.2) is 18.2 Å². The highest BCUT2D eigenvalue weighted by Crippen LogP contribution is 2.27. The van der Waals surface area contributed by atoms with Crippen molar-refractivity contribution in [2.24, 2.45) is 0 Å². The Balaban J connectivity index is 1.51. The van der Waals surface area contributed by atoms with Crippen LogP contribution in [0.15, 0.2) is 34.7 Å². The Labute approximate surface area is 162 Å². The minimum absolute atomic E-state index is 0.260. The summed E-state index contributed by atoms with van der Waals surface area (Å²) in [6, 6.07) is 6.58. The van der Waals surface area contributed by atoms with Crippen molar-refractivity contribution < 1.29 is 17.9 Å². The van der Waals surface area contributed by atoms with Crippen molar-refractivity contribution in [2.75, 3.05) is 20.2 Å². The van der Waals surface area contributed by atoms with Crippen molar-refractivity contribution in [3.63, 3.8) is 0 Å². The largest absolute Gasteiger partial charge is 0.481 e. The van der Waals surface area contributed by atoms with Crippen LogP contribution in [-0.2, 0) is 23.1 Å². The number of sulfonamides is 1. The van der Waals surface area contributed by atoms with Gasteiger partial charge in [0.15, 0.2) is 0 Å². The van der Waals surface area contributed by atoms with E-state index in [1.165, 1.54) is 22.8 Å². The summed E-state index contributed by atoms with van der Waals surface area (Å²) in [5.74, 6) is 0.466. The summed E-state index contributed by atoms with van der Waals surface area (Å²) < 4.78 is 32.0. The minimum atomic E-state index is -3.41. The van der Waals surface area contributed by atoms with Crippen LogP contribution < -0.4 is 15.4 Å². The van der Waals surface area contributed by atoms with Gasteiger partial charge in [0, 0.05) is 36.3 Å². The minimum Gasteiger partial charge on any atom is -0.481 e. The number of nitrogens with one attached hydrogen (secondary N) is 2. The molecule has 0 unspecified atom stereocenters. The Morgan fingerprint density at radius 2 is 1.96 bits per heavy atom. The van der Waals surface area contributed by atoms with Gasteiger partial charge in [-0.3, -0.25) is 0 Å². The van der Waals surface area contributed by atoms with Crippen LogP contribution in [0.2, 0.25) is 0 Å². The Kier molecular flexibility index (Phi) is 6.30. The average Bonchev–Trinajstić information content (AvgIpc) is 3.37. The molecule has 1 aliphatic heterocycles. The molecule has 3 heterocycles. The Morgan fingerprint density at radius 3 is 2.70 bits per heavy atom. The molecule has 0 radical (unpaired) electrons. The molecule has 0 spiro atoms. The Bertz CT molecular complexity index is 892. The molecular formula is C17H22N4O4S2. The van der Waals surface area contributed by atoms with Gasteiger partial charge in [-0.2, -0.15) is 4.31 Å². The van der Waals surface area contributed by atoms with Gasteiger partial charge in [0.1, 0.15) is 4.21 Å². The van der Waals surface area contributed by atoms with E-state index in [1.54, 1.807) is 24.4 Å². The maximum atomic E-state index is 12.5. The molecule has 0 aromatic carbocycles. The molecule has 0 aliphatic carbocycles. The zero-order valence-electron chi connectivity index (χ0n) is 15.0. The molecule has 3 rings (SSSR count). The van der Waals surface area contributed by atoms with Crippen LogP contribution in [0.3, 0.4) is 0 Å². The molecular weight excluding hydrogens is 388 g/mol. The lowest BCUT2D eigenvalue weighted by atomic mass is 10.3. The molecule has 0 saturated carbocycles. The van der Waals surface area contributed by atoms with Crippen LogP contribution in [-0.4, -0.2) is 43.9 Å². The Hall–Kier alpha value is -2.17. The SMILES string of the molecule is COc1ncccc1CNC(=O)NCc1ccc(S(=O)(=O)N2CCCC2)s1. The van der Waals surface area contributed by atoms with E-state index < -0.39 is 10.0 Å². The molecule has 10 heteroatoms. The molecule has 2 amide bonds. The molecule has 1 saturated heterocycles. The lowest BCUT2D eigenvalue weighted by molar-refractivity contribution is 0.240. The van der Waals surface area contributed by atoms with Gasteiger partial charge in [0.05, 0.1) is 13.7 Å². The number of hydrogen-bond acceptors (Lipinski definition) is 6. The van der Waals surface area contributed by atoms with Gasteiger partial charge < -0.3 is 15.4 Å². The number of pyridine rings is 1. The highest BCUT2D eigenvalue weighted by molar-refractivity contribution is 7.91. The van der Waals surface area contributed by atoms with Crippen molar-refractivity contribution in [1.82, 2.24) is 19.9 Å². The van der Waals surface area contributed by atoms with Gasteiger partial charge in [-0.1, -0.05) is 6.07 Å². The number of methoxy groups -OCH3 is 1. The molecule has 2 aromatic heterocycles. The molecule has 27 heavy (non-hydrogen) atoms. The number of amides is 2. The number of urea groups is 1. The third kappa shape index (κ3) is 4.76. The van der Waals surface area contributed by atoms with Crippen LogP contribution >= 0.6 is 11.3 Å². The number of ether oxygens (including phenoxy) is 1. The van der Waals surface area contributed by atoms with Gasteiger partial charge >= 0.3 is 6.03 Å².